The molecule has 1 saturated heterocycles. The summed E-state index contributed by atoms with van der Waals surface area (Å²) in [6.45, 7) is 6.30. The second kappa shape index (κ2) is 12.3. The molecular formula is C26H34N2O5. The van der Waals surface area contributed by atoms with E-state index in [0.29, 0.717) is 25.3 Å². The van der Waals surface area contributed by atoms with Crippen LogP contribution in [-0.4, -0.2) is 68.5 Å². The van der Waals surface area contributed by atoms with Crippen LogP contribution in [0, 0.1) is 0 Å². The van der Waals surface area contributed by atoms with Crippen molar-refractivity contribution in [3.8, 4) is 17.2 Å². The maximum Gasteiger partial charge on any atom is 0.223 e. The minimum Gasteiger partial charge on any atom is -0.497 e. The summed E-state index contributed by atoms with van der Waals surface area (Å²) in [5.74, 6) is 2.40. The molecule has 2 aromatic carbocycles. The van der Waals surface area contributed by atoms with E-state index in [1.807, 2.05) is 30.0 Å². The van der Waals surface area contributed by atoms with Gasteiger partial charge in [-0.05, 0) is 48.9 Å². The highest BCUT2D eigenvalue weighted by Crippen LogP contribution is 2.25. The molecule has 0 bridgehead atoms. The van der Waals surface area contributed by atoms with Gasteiger partial charge in [-0.25, -0.2) is 0 Å². The van der Waals surface area contributed by atoms with E-state index in [4.69, 9.17) is 14.2 Å². The van der Waals surface area contributed by atoms with E-state index in [1.54, 1.807) is 38.5 Å². The Hall–Kier alpha value is -3.06. The zero-order valence-electron chi connectivity index (χ0n) is 19.8. The first-order valence-electron chi connectivity index (χ1n) is 11.5. The number of rotatable bonds is 11. The molecule has 7 heteroatoms. The predicted molar refractivity (Wildman–Crippen MR) is 127 cm³/mol. The molecule has 1 fully saturated rings. The van der Waals surface area contributed by atoms with E-state index in [2.05, 4.69) is 4.90 Å². The number of ether oxygens (including phenoxy) is 3. The molecule has 0 N–H and O–H groups in total. The number of hydrogen-bond donors (Lipinski definition) is 0. The lowest BCUT2D eigenvalue weighted by Crippen LogP contribution is -2.48. The van der Waals surface area contributed by atoms with Crippen LogP contribution < -0.4 is 14.2 Å². The van der Waals surface area contributed by atoms with E-state index < -0.39 is 0 Å². The Morgan fingerprint density at radius 1 is 0.879 bits per heavy atom. The standard InChI is InChI=1S/C26H34N2O5/c1-4-17-33-22-7-5-20(6-8-22)24(29)10-12-26(30)28-15-13-27(14-16-28)19-21-18-23(31-2)9-11-25(21)32-3/h5-9,11,18H,4,10,12-17,19H2,1-3H3. The smallest absolute Gasteiger partial charge is 0.223 e. The van der Waals surface area contributed by atoms with Crippen molar-refractivity contribution in [3.05, 3.63) is 53.6 Å². The molecule has 0 aliphatic carbocycles. The minimum atomic E-state index is -0.0193. The number of Topliss-reactive ketones (excluding diaryl/α,β-unsaturated/α-hetero) is 1. The van der Waals surface area contributed by atoms with E-state index in [1.165, 1.54) is 0 Å². The Balaban J connectivity index is 1.44. The number of carbonyl (C=O) groups is 2. The summed E-state index contributed by atoms with van der Waals surface area (Å²) in [5.41, 5.74) is 1.68. The molecule has 1 aliphatic rings. The SMILES string of the molecule is CCCOc1ccc(C(=O)CCC(=O)N2CCN(Cc3cc(OC)ccc3OC)CC2)cc1. The van der Waals surface area contributed by atoms with Crippen molar-refractivity contribution in [1.29, 1.82) is 0 Å². The fourth-order valence-electron chi connectivity index (χ4n) is 3.88. The molecule has 33 heavy (non-hydrogen) atoms. The molecule has 0 atom stereocenters. The molecule has 0 saturated carbocycles. The van der Waals surface area contributed by atoms with Crippen molar-refractivity contribution in [2.45, 2.75) is 32.7 Å². The first-order chi connectivity index (χ1) is 16.0. The normalized spacial score (nSPS) is 14.1. The van der Waals surface area contributed by atoms with Gasteiger partial charge in [-0.3, -0.25) is 14.5 Å². The van der Waals surface area contributed by atoms with Crippen LogP contribution in [0.4, 0.5) is 0 Å². The van der Waals surface area contributed by atoms with Crippen molar-refractivity contribution in [3.63, 3.8) is 0 Å². The predicted octanol–water partition coefficient (Wildman–Crippen LogP) is 3.80. The lowest BCUT2D eigenvalue weighted by atomic mass is 10.1. The molecule has 0 spiro atoms. The molecule has 2 aromatic rings. The average Bonchev–Trinajstić information content (AvgIpc) is 2.86. The number of benzene rings is 2. The van der Waals surface area contributed by atoms with Gasteiger partial charge in [0, 0.05) is 56.7 Å². The third kappa shape index (κ3) is 6.96. The molecule has 3 rings (SSSR count). The summed E-state index contributed by atoms with van der Waals surface area (Å²) in [4.78, 5) is 29.3. The van der Waals surface area contributed by atoms with Crippen LogP contribution in [0.15, 0.2) is 42.5 Å². The van der Waals surface area contributed by atoms with E-state index in [0.717, 1.165) is 48.9 Å². The number of amides is 1. The van der Waals surface area contributed by atoms with Gasteiger partial charge in [-0.2, -0.15) is 0 Å². The summed E-state index contributed by atoms with van der Waals surface area (Å²) < 4.78 is 16.4. The molecule has 1 heterocycles. The highest BCUT2D eigenvalue weighted by molar-refractivity contribution is 5.98. The van der Waals surface area contributed by atoms with Crippen molar-refractivity contribution >= 4 is 11.7 Å². The monoisotopic (exact) mass is 454 g/mol. The van der Waals surface area contributed by atoms with Crippen LogP contribution in [0.1, 0.15) is 42.1 Å². The number of piperazine rings is 1. The molecule has 0 radical (unpaired) electrons. The summed E-state index contributed by atoms with van der Waals surface area (Å²) in [7, 11) is 3.32. The van der Waals surface area contributed by atoms with Crippen molar-refractivity contribution < 1.29 is 23.8 Å². The molecule has 1 aliphatic heterocycles. The molecule has 0 unspecified atom stereocenters. The Kier molecular flexibility index (Phi) is 9.13. The Bertz CT molecular complexity index is 921. The maximum atomic E-state index is 12.7. The van der Waals surface area contributed by atoms with Gasteiger partial charge in [-0.15, -0.1) is 0 Å². The van der Waals surface area contributed by atoms with Gasteiger partial charge < -0.3 is 19.1 Å². The number of hydrogen-bond acceptors (Lipinski definition) is 6. The summed E-state index contributed by atoms with van der Waals surface area (Å²) in [5, 5.41) is 0. The van der Waals surface area contributed by atoms with E-state index in [9.17, 15) is 9.59 Å². The van der Waals surface area contributed by atoms with Crippen molar-refractivity contribution in [1.82, 2.24) is 9.80 Å². The topological polar surface area (TPSA) is 68.3 Å². The third-order valence-corrected chi connectivity index (χ3v) is 5.82. The highest BCUT2D eigenvalue weighted by Gasteiger charge is 2.22. The molecular weight excluding hydrogens is 420 g/mol. The lowest BCUT2D eigenvalue weighted by Gasteiger charge is -2.35. The fourth-order valence-corrected chi connectivity index (χ4v) is 3.88. The summed E-state index contributed by atoms with van der Waals surface area (Å²) in [6.07, 6.45) is 1.39. The summed E-state index contributed by atoms with van der Waals surface area (Å²) >= 11 is 0. The molecule has 7 nitrogen and oxygen atoms in total. The molecule has 0 aromatic heterocycles. The number of nitrogens with zero attached hydrogens (tertiary/aromatic N) is 2. The van der Waals surface area contributed by atoms with Gasteiger partial charge in [0.15, 0.2) is 5.78 Å². The quantitative estimate of drug-likeness (QED) is 0.481. The highest BCUT2D eigenvalue weighted by atomic mass is 16.5. The minimum absolute atomic E-state index is 0.0193. The Morgan fingerprint density at radius 3 is 2.21 bits per heavy atom. The van der Waals surface area contributed by atoms with Crippen LogP contribution in [0.3, 0.4) is 0 Å². The van der Waals surface area contributed by atoms with Gasteiger partial charge in [-0.1, -0.05) is 6.92 Å². The maximum absolute atomic E-state index is 12.7. The second-order valence-electron chi connectivity index (χ2n) is 8.13. The zero-order chi connectivity index (χ0) is 23.6. The molecule has 1 amide bonds. The Labute approximate surface area is 196 Å². The molecule has 178 valence electrons. The van der Waals surface area contributed by atoms with Gasteiger partial charge in [0.05, 0.1) is 20.8 Å². The lowest BCUT2D eigenvalue weighted by molar-refractivity contribution is -0.133. The van der Waals surface area contributed by atoms with E-state index in [-0.39, 0.29) is 24.5 Å². The summed E-state index contributed by atoms with van der Waals surface area (Å²) in [6, 6.07) is 12.9. The van der Waals surface area contributed by atoms with Crippen LogP contribution in [-0.2, 0) is 11.3 Å². The number of methoxy groups -OCH3 is 2. The largest absolute Gasteiger partial charge is 0.497 e. The first-order valence-corrected chi connectivity index (χ1v) is 11.5. The van der Waals surface area contributed by atoms with Gasteiger partial charge in [0.25, 0.3) is 0 Å². The fraction of sp³-hybridized carbons (Fsp3) is 0.462. The number of carbonyl (C=O) groups excluding carboxylic acids is 2. The second-order valence-corrected chi connectivity index (χ2v) is 8.13. The van der Waals surface area contributed by atoms with Crippen LogP contribution in [0.25, 0.3) is 0 Å². The van der Waals surface area contributed by atoms with Crippen molar-refractivity contribution in [2.75, 3.05) is 47.0 Å². The van der Waals surface area contributed by atoms with Crippen LogP contribution in [0.5, 0.6) is 17.2 Å². The average molecular weight is 455 g/mol. The third-order valence-electron chi connectivity index (χ3n) is 5.82. The van der Waals surface area contributed by atoms with Gasteiger partial charge in [0.1, 0.15) is 17.2 Å². The zero-order valence-corrected chi connectivity index (χ0v) is 19.8. The van der Waals surface area contributed by atoms with E-state index >= 15 is 0 Å². The van der Waals surface area contributed by atoms with Gasteiger partial charge >= 0.3 is 0 Å². The van der Waals surface area contributed by atoms with Crippen LogP contribution >= 0.6 is 0 Å². The number of ketones is 1. The first kappa shape index (κ1) is 24.6. The van der Waals surface area contributed by atoms with Crippen LogP contribution in [0.2, 0.25) is 0 Å². The van der Waals surface area contributed by atoms with Crippen molar-refractivity contribution in [2.24, 2.45) is 0 Å². The van der Waals surface area contributed by atoms with Gasteiger partial charge in [0.2, 0.25) is 5.91 Å². The Morgan fingerprint density at radius 2 is 1.58 bits per heavy atom.